The largest absolute Gasteiger partial charge is 0.301 e. The fourth-order valence-corrected chi connectivity index (χ4v) is 2.64. The molecule has 0 aromatic heterocycles. The molecular weight excluding hydrogens is 252 g/mol. The van der Waals surface area contributed by atoms with Crippen LogP contribution in [0.2, 0.25) is 0 Å². The van der Waals surface area contributed by atoms with Crippen molar-refractivity contribution in [2.24, 2.45) is 5.84 Å². The van der Waals surface area contributed by atoms with Crippen LogP contribution in [0.25, 0.3) is 0 Å². The number of amides is 1. The van der Waals surface area contributed by atoms with Crippen molar-refractivity contribution in [2.45, 2.75) is 19.9 Å². The summed E-state index contributed by atoms with van der Waals surface area (Å²) in [4.78, 5) is 16.5. The third kappa shape index (κ3) is 4.03. The van der Waals surface area contributed by atoms with Crippen LogP contribution < -0.4 is 11.3 Å². The molecule has 0 saturated carbocycles. The van der Waals surface area contributed by atoms with E-state index in [1.165, 1.54) is 13.0 Å². The molecule has 0 bridgehead atoms. The first-order valence-corrected chi connectivity index (χ1v) is 7.27. The summed E-state index contributed by atoms with van der Waals surface area (Å²) >= 11 is 0. The fourth-order valence-electron chi connectivity index (χ4n) is 2.64. The Morgan fingerprint density at radius 2 is 1.95 bits per heavy atom. The van der Waals surface area contributed by atoms with Crippen LogP contribution in [-0.2, 0) is 6.54 Å². The summed E-state index contributed by atoms with van der Waals surface area (Å²) in [6, 6.07) is 7.67. The highest BCUT2D eigenvalue weighted by Gasteiger charge is 2.16. The zero-order valence-electron chi connectivity index (χ0n) is 12.1. The third-order valence-electron chi connectivity index (χ3n) is 3.73. The summed E-state index contributed by atoms with van der Waals surface area (Å²) < 4.78 is 0. The van der Waals surface area contributed by atoms with Crippen LogP contribution in [0.1, 0.15) is 29.3 Å². The lowest BCUT2D eigenvalue weighted by Gasteiger charge is -2.34. The van der Waals surface area contributed by atoms with Gasteiger partial charge in [0.1, 0.15) is 0 Å². The number of piperazine rings is 1. The minimum atomic E-state index is -0.236. The summed E-state index contributed by atoms with van der Waals surface area (Å²) in [6.07, 6.45) is 1.22. The maximum absolute atomic E-state index is 11.5. The van der Waals surface area contributed by atoms with Crippen LogP contribution in [0.15, 0.2) is 24.3 Å². The zero-order valence-corrected chi connectivity index (χ0v) is 12.1. The smallest absolute Gasteiger partial charge is 0.265 e. The monoisotopic (exact) mass is 276 g/mol. The van der Waals surface area contributed by atoms with Gasteiger partial charge < -0.3 is 4.90 Å². The molecule has 5 nitrogen and oxygen atoms in total. The number of benzene rings is 1. The van der Waals surface area contributed by atoms with E-state index in [0.29, 0.717) is 5.56 Å². The Labute approximate surface area is 120 Å². The zero-order chi connectivity index (χ0) is 14.4. The predicted molar refractivity (Wildman–Crippen MR) is 80.1 cm³/mol. The summed E-state index contributed by atoms with van der Waals surface area (Å²) in [6.45, 7) is 8.76. The molecule has 0 radical (unpaired) electrons. The minimum absolute atomic E-state index is 0.236. The fraction of sp³-hybridized carbons (Fsp3) is 0.533. The van der Waals surface area contributed by atoms with E-state index in [2.05, 4.69) is 28.2 Å². The molecule has 110 valence electrons. The van der Waals surface area contributed by atoms with Crippen LogP contribution in [0.4, 0.5) is 0 Å². The van der Waals surface area contributed by atoms with Gasteiger partial charge in [-0.15, -0.1) is 0 Å². The summed E-state index contributed by atoms with van der Waals surface area (Å²) in [5.41, 5.74) is 3.95. The minimum Gasteiger partial charge on any atom is -0.301 e. The Hall–Kier alpha value is -1.43. The average molecular weight is 276 g/mol. The second-order valence-corrected chi connectivity index (χ2v) is 5.29. The van der Waals surface area contributed by atoms with E-state index in [9.17, 15) is 4.79 Å². The second kappa shape index (κ2) is 7.38. The first-order valence-electron chi connectivity index (χ1n) is 7.27. The van der Waals surface area contributed by atoms with E-state index in [0.717, 1.165) is 38.3 Å². The number of nitrogens with two attached hydrogens (primary N) is 1. The molecule has 2 rings (SSSR count). The van der Waals surface area contributed by atoms with Gasteiger partial charge in [0.05, 0.1) is 0 Å². The first kappa shape index (κ1) is 15.0. The number of carbonyl (C=O) groups is 1. The van der Waals surface area contributed by atoms with E-state index in [1.54, 1.807) is 6.07 Å². The third-order valence-corrected chi connectivity index (χ3v) is 3.73. The van der Waals surface area contributed by atoms with Gasteiger partial charge in [-0.2, -0.15) is 0 Å². The summed E-state index contributed by atoms with van der Waals surface area (Å²) in [5, 5.41) is 0. The van der Waals surface area contributed by atoms with Crippen LogP contribution >= 0.6 is 0 Å². The Bertz CT molecular complexity index is 441. The normalized spacial score (nSPS) is 17.1. The van der Waals surface area contributed by atoms with E-state index in [1.807, 2.05) is 12.1 Å². The van der Waals surface area contributed by atoms with Gasteiger partial charge >= 0.3 is 0 Å². The van der Waals surface area contributed by atoms with E-state index in [-0.39, 0.29) is 5.91 Å². The molecule has 0 spiro atoms. The number of carbonyl (C=O) groups excluding carboxylic acids is 1. The molecule has 1 saturated heterocycles. The van der Waals surface area contributed by atoms with Crippen molar-refractivity contribution in [1.29, 1.82) is 0 Å². The van der Waals surface area contributed by atoms with Gasteiger partial charge in [-0.3, -0.25) is 15.1 Å². The predicted octanol–water partition coefficient (Wildman–Crippen LogP) is 0.818. The molecule has 1 fully saturated rings. The lowest BCUT2D eigenvalue weighted by Crippen LogP contribution is -2.46. The Balaban J connectivity index is 1.89. The molecule has 0 atom stereocenters. The SMILES string of the molecule is CCCN1CCN(Cc2cccc(C(=O)NN)c2)CC1. The lowest BCUT2D eigenvalue weighted by atomic mass is 10.1. The maximum atomic E-state index is 11.5. The van der Waals surface area contributed by atoms with E-state index >= 15 is 0 Å². The highest BCUT2D eigenvalue weighted by atomic mass is 16.2. The summed E-state index contributed by atoms with van der Waals surface area (Å²) in [7, 11) is 0. The number of hydrazine groups is 1. The standard InChI is InChI=1S/C15H24N4O/c1-2-6-18-7-9-19(10-8-18)12-13-4-3-5-14(11-13)15(20)17-16/h3-5,11H,2,6-10,12,16H2,1H3,(H,17,20). The molecular formula is C15H24N4O. The Kier molecular flexibility index (Phi) is 5.52. The number of hydrogen-bond donors (Lipinski definition) is 2. The average Bonchev–Trinajstić information content (AvgIpc) is 2.49. The lowest BCUT2D eigenvalue weighted by molar-refractivity contribution is 0.0953. The molecule has 0 aliphatic carbocycles. The van der Waals surface area contributed by atoms with Crippen molar-refractivity contribution in [3.05, 3.63) is 35.4 Å². The van der Waals surface area contributed by atoms with Crippen molar-refractivity contribution in [1.82, 2.24) is 15.2 Å². The summed E-state index contributed by atoms with van der Waals surface area (Å²) in [5.74, 6) is 4.93. The van der Waals surface area contributed by atoms with Gasteiger partial charge in [0.25, 0.3) is 5.91 Å². The van der Waals surface area contributed by atoms with Crippen LogP contribution in [0.5, 0.6) is 0 Å². The molecule has 1 aromatic carbocycles. The van der Waals surface area contributed by atoms with Crippen molar-refractivity contribution < 1.29 is 4.79 Å². The van der Waals surface area contributed by atoms with Crippen LogP contribution in [-0.4, -0.2) is 48.4 Å². The first-order chi connectivity index (χ1) is 9.72. The molecule has 1 aromatic rings. The van der Waals surface area contributed by atoms with Crippen molar-refractivity contribution in [2.75, 3.05) is 32.7 Å². The van der Waals surface area contributed by atoms with Crippen molar-refractivity contribution in [3.8, 4) is 0 Å². The number of nitrogens with one attached hydrogen (secondary N) is 1. The molecule has 0 unspecified atom stereocenters. The number of nitrogen functional groups attached to an aromatic ring is 1. The maximum Gasteiger partial charge on any atom is 0.265 e. The highest BCUT2D eigenvalue weighted by Crippen LogP contribution is 2.11. The number of nitrogens with zero attached hydrogens (tertiary/aromatic N) is 2. The Morgan fingerprint density at radius 1 is 1.25 bits per heavy atom. The van der Waals surface area contributed by atoms with Gasteiger partial charge in [0, 0.05) is 38.3 Å². The molecule has 20 heavy (non-hydrogen) atoms. The van der Waals surface area contributed by atoms with Gasteiger partial charge in [0.2, 0.25) is 0 Å². The van der Waals surface area contributed by atoms with E-state index < -0.39 is 0 Å². The second-order valence-electron chi connectivity index (χ2n) is 5.29. The van der Waals surface area contributed by atoms with E-state index in [4.69, 9.17) is 5.84 Å². The molecule has 1 amide bonds. The van der Waals surface area contributed by atoms with Gasteiger partial charge in [0.15, 0.2) is 0 Å². The van der Waals surface area contributed by atoms with Gasteiger partial charge in [-0.1, -0.05) is 19.1 Å². The van der Waals surface area contributed by atoms with Crippen molar-refractivity contribution >= 4 is 5.91 Å². The van der Waals surface area contributed by atoms with Crippen LogP contribution in [0.3, 0.4) is 0 Å². The quantitative estimate of drug-likeness (QED) is 0.475. The topological polar surface area (TPSA) is 61.6 Å². The van der Waals surface area contributed by atoms with Gasteiger partial charge in [-0.25, -0.2) is 5.84 Å². The Morgan fingerprint density at radius 3 is 2.60 bits per heavy atom. The highest BCUT2D eigenvalue weighted by molar-refractivity contribution is 5.93. The molecule has 3 N–H and O–H groups in total. The molecule has 5 heteroatoms. The molecule has 1 heterocycles. The molecule has 1 aliphatic heterocycles. The number of rotatable bonds is 5. The number of hydrogen-bond acceptors (Lipinski definition) is 4. The molecule has 1 aliphatic rings. The van der Waals surface area contributed by atoms with Crippen molar-refractivity contribution in [3.63, 3.8) is 0 Å². The van der Waals surface area contributed by atoms with Gasteiger partial charge in [-0.05, 0) is 30.7 Å². The van der Waals surface area contributed by atoms with Crippen LogP contribution in [0, 0.1) is 0 Å².